The fourth-order valence-corrected chi connectivity index (χ4v) is 1.44. The monoisotopic (exact) mass is 190 g/mol. The second-order valence-electron chi connectivity index (χ2n) is 2.05. The summed E-state index contributed by atoms with van der Waals surface area (Å²) in [5, 5.41) is 0. The van der Waals surface area contributed by atoms with E-state index in [9.17, 15) is 12.8 Å². The van der Waals surface area contributed by atoms with Crippen LogP contribution in [0.15, 0.2) is 29.2 Å². The van der Waals surface area contributed by atoms with Crippen LogP contribution in [0.3, 0.4) is 0 Å². The SMILES string of the molecule is NNS(=O)(=O)c1ccccc1F. The largest absolute Gasteiger partial charge is 0.257 e. The Hall–Kier alpha value is -0.980. The number of halogens is 1. The van der Waals surface area contributed by atoms with E-state index in [4.69, 9.17) is 5.84 Å². The fourth-order valence-electron chi connectivity index (χ4n) is 0.726. The van der Waals surface area contributed by atoms with Gasteiger partial charge in [0, 0.05) is 0 Å². The molecule has 1 aromatic carbocycles. The molecule has 12 heavy (non-hydrogen) atoms. The first-order valence-corrected chi connectivity index (χ1v) is 4.53. The Morgan fingerprint density at radius 1 is 1.33 bits per heavy atom. The molecule has 0 spiro atoms. The van der Waals surface area contributed by atoms with Crippen molar-refractivity contribution in [2.45, 2.75) is 4.90 Å². The zero-order chi connectivity index (χ0) is 9.19. The minimum atomic E-state index is -3.88. The number of hydrogen-bond acceptors (Lipinski definition) is 3. The second kappa shape index (κ2) is 3.18. The van der Waals surface area contributed by atoms with Crippen molar-refractivity contribution in [1.82, 2.24) is 4.83 Å². The Morgan fingerprint density at radius 3 is 2.42 bits per heavy atom. The lowest BCUT2D eigenvalue weighted by Crippen LogP contribution is -2.30. The van der Waals surface area contributed by atoms with Gasteiger partial charge in [-0.15, -0.1) is 4.83 Å². The maximum Gasteiger partial charge on any atom is 0.255 e. The van der Waals surface area contributed by atoms with Gasteiger partial charge in [-0.3, -0.25) is 5.84 Å². The normalized spacial score (nSPS) is 11.5. The van der Waals surface area contributed by atoms with E-state index < -0.39 is 20.7 Å². The van der Waals surface area contributed by atoms with Gasteiger partial charge < -0.3 is 0 Å². The fraction of sp³-hybridized carbons (Fsp3) is 0. The molecular formula is C6H7FN2O2S. The molecule has 3 N–H and O–H groups in total. The summed E-state index contributed by atoms with van der Waals surface area (Å²) in [5.74, 6) is 3.88. The van der Waals surface area contributed by atoms with Gasteiger partial charge in [-0.25, -0.2) is 12.8 Å². The summed E-state index contributed by atoms with van der Waals surface area (Å²) in [6.45, 7) is 0. The summed E-state index contributed by atoms with van der Waals surface area (Å²) in [6, 6.07) is 4.98. The lowest BCUT2D eigenvalue weighted by atomic mass is 10.4. The lowest BCUT2D eigenvalue weighted by Gasteiger charge is -2.01. The molecule has 1 rings (SSSR count). The molecule has 0 radical (unpaired) electrons. The zero-order valence-electron chi connectivity index (χ0n) is 5.99. The molecule has 0 aliphatic heterocycles. The van der Waals surface area contributed by atoms with Gasteiger partial charge in [-0.2, -0.15) is 0 Å². The number of hydrogen-bond donors (Lipinski definition) is 2. The zero-order valence-corrected chi connectivity index (χ0v) is 6.81. The summed E-state index contributed by atoms with van der Waals surface area (Å²) in [5.41, 5.74) is 0. The van der Waals surface area contributed by atoms with Gasteiger partial charge >= 0.3 is 0 Å². The van der Waals surface area contributed by atoms with Gasteiger partial charge in [-0.05, 0) is 12.1 Å². The third-order valence-electron chi connectivity index (χ3n) is 1.28. The molecule has 0 heterocycles. The standard InChI is InChI=1S/C6H7FN2O2S/c7-5-3-1-2-4-6(5)12(10,11)9-8/h1-4,9H,8H2. The highest BCUT2D eigenvalue weighted by Gasteiger charge is 2.15. The molecule has 0 unspecified atom stereocenters. The first-order chi connectivity index (χ1) is 5.58. The molecular weight excluding hydrogens is 183 g/mol. The molecule has 0 bridgehead atoms. The van der Waals surface area contributed by atoms with Gasteiger partial charge in [0.25, 0.3) is 10.0 Å². The molecule has 0 fully saturated rings. The first-order valence-electron chi connectivity index (χ1n) is 3.05. The smallest absolute Gasteiger partial charge is 0.255 e. The van der Waals surface area contributed by atoms with Crippen molar-refractivity contribution in [2.75, 3.05) is 0 Å². The average molecular weight is 190 g/mol. The van der Waals surface area contributed by atoms with E-state index in [1.165, 1.54) is 17.0 Å². The highest BCUT2D eigenvalue weighted by atomic mass is 32.2. The molecule has 66 valence electrons. The minimum absolute atomic E-state index is 0.451. The summed E-state index contributed by atoms with van der Waals surface area (Å²) in [4.78, 5) is 1.08. The number of hydrazine groups is 1. The number of sulfonamides is 1. The number of rotatable bonds is 2. The Labute approximate surface area is 69.2 Å². The third kappa shape index (κ3) is 1.60. The van der Waals surface area contributed by atoms with Crippen LogP contribution in [0.25, 0.3) is 0 Å². The molecule has 0 aromatic heterocycles. The van der Waals surface area contributed by atoms with Gasteiger partial charge in [0.1, 0.15) is 10.7 Å². The van der Waals surface area contributed by atoms with Crippen molar-refractivity contribution in [1.29, 1.82) is 0 Å². The molecule has 6 heteroatoms. The highest BCUT2D eigenvalue weighted by molar-refractivity contribution is 7.89. The van der Waals surface area contributed by atoms with Crippen LogP contribution < -0.4 is 10.7 Å². The van der Waals surface area contributed by atoms with E-state index in [0.29, 0.717) is 0 Å². The van der Waals surface area contributed by atoms with E-state index in [-0.39, 0.29) is 0 Å². The van der Waals surface area contributed by atoms with Crippen molar-refractivity contribution in [2.24, 2.45) is 5.84 Å². The number of nitrogens with one attached hydrogen (secondary N) is 1. The predicted molar refractivity (Wildman–Crippen MR) is 40.9 cm³/mol. The molecule has 0 aliphatic carbocycles. The third-order valence-corrected chi connectivity index (χ3v) is 2.50. The topological polar surface area (TPSA) is 72.2 Å². The van der Waals surface area contributed by atoms with Crippen LogP contribution in [-0.2, 0) is 10.0 Å². The van der Waals surface area contributed by atoms with Crippen molar-refractivity contribution in [3.05, 3.63) is 30.1 Å². The minimum Gasteiger partial charge on any atom is -0.257 e. The van der Waals surface area contributed by atoms with Crippen LogP contribution in [0.2, 0.25) is 0 Å². The highest BCUT2D eigenvalue weighted by Crippen LogP contribution is 2.11. The van der Waals surface area contributed by atoms with Gasteiger partial charge in [-0.1, -0.05) is 12.1 Å². The summed E-state index contributed by atoms with van der Waals surface area (Å²) in [6.07, 6.45) is 0. The van der Waals surface area contributed by atoms with Crippen LogP contribution in [0.5, 0.6) is 0 Å². The first kappa shape index (κ1) is 9.11. The van der Waals surface area contributed by atoms with E-state index in [1.807, 2.05) is 0 Å². The molecule has 0 aliphatic rings. The maximum absolute atomic E-state index is 12.8. The van der Waals surface area contributed by atoms with E-state index in [2.05, 4.69) is 0 Å². The van der Waals surface area contributed by atoms with Crippen molar-refractivity contribution >= 4 is 10.0 Å². The molecule has 0 saturated carbocycles. The van der Waals surface area contributed by atoms with Gasteiger partial charge in [0.15, 0.2) is 0 Å². The summed E-state index contributed by atoms with van der Waals surface area (Å²) >= 11 is 0. The summed E-state index contributed by atoms with van der Waals surface area (Å²) in [7, 11) is -3.88. The molecule has 4 nitrogen and oxygen atoms in total. The predicted octanol–water partition coefficient (Wildman–Crippen LogP) is -0.0223. The van der Waals surface area contributed by atoms with Crippen LogP contribution in [0.1, 0.15) is 0 Å². The molecule has 0 amide bonds. The quantitative estimate of drug-likeness (QED) is 0.508. The second-order valence-corrected chi connectivity index (χ2v) is 3.73. The molecule has 1 aromatic rings. The van der Waals surface area contributed by atoms with Crippen LogP contribution in [0.4, 0.5) is 4.39 Å². The Kier molecular flexibility index (Phi) is 2.41. The number of nitrogens with two attached hydrogens (primary N) is 1. The van der Waals surface area contributed by atoms with E-state index >= 15 is 0 Å². The number of benzene rings is 1. The Bertz CT molecular complexity index is 377. The molecule has 0 saturated heterocycles. The van der Waals surface area contributed by atoms with Crippen molar-refractivity contribution in [3.63, 3.8) is 0 Å². The lowest BCUT2D eigenvalue weighted by molar-refractivity contribution is 0.558. The van der Waals surface area contributed by atoms with Gasteiger partial charge in [0.2, 0.25) is 0 Å². The molecule has 0 atom stereocenters. The van der Waals surface area contributed by atoms with Crippen molar-refractivity contribution < 1.29 is 12.8 Å². The van der Waals surface area contributed by atoms with Crippen LogP contribution in [0, 0.1) is 5.82 Å². The van der Waals surface area contributed by atoms with E-state index in [0.717, 1.165) is 12.1 Å². The Morgan fingerprint density at radius 2 is 1.92 bits per heavy atom. The van der Waals surface area contributed by atoms with Crippen LogP contribution >= 0.6 is 0 Å². The summed E-state index contributed by atoms with van der Waals surface area (Å²) < 4.78 is 34.7. The van der Waals surface area contributed by atoms with Crippen LogP contribution in [-0.4, -0.2) is 8.42 Å². The van der Waals surface area contributed by atoms with Gasteiger partial charge in [0.05, 0.1) is 0 Å². The maximum atomic E-state index is 12.8. The Balaban J connectivity index is 3.30. The average Bonchev–Trinajstić information content (AvgIpc) is 2.05. The van der Waals surface area contributed by atoms with Crippen molar-refractivity contribution in [3.8, 4) is 0 Å². The van der Waals surface area contributed by atoms with E-state index in [1.54, 1.807) is 0 Å².